The van der Waals surface area contributed by atoms with Gasteiger partial charge in [0.25, 0.3) is 0 Å². The van der Waals surface area contributed by atoms with Crippen LogP contribution in [0.5, 0.6) is 0 Å². The Kier molecular flexibility index (Phi) is 4.59. The first-order valence-corrected chi connectivity index (χ1v) is 7.10. The van der Waals surface area contributed by atoms with Crippen molar-refractivity contribution in [1.29, 1.82) is 0 Å². The van der Waals surface area contributed by atoms with Gasteiger partial charge in [0.1, 0.15) is 0 Å². The standard InChI is InChI=1S/C16H23NO2/c1-16(14-7-3-2-4-8-14)10-9-15(19)17(13-16)11-5-6-12-18/h2-4,7-8,18H,5-6,9-13H2,1H3/t16-/m1/s1. The first-order valence-electron chi connectivity index (χ1n) is 7.10. The molecule has 1 N–H and O–H groups in total. The molecule has 0 spiro atoms. The number of carbonyl (C=O) groups is 1. The number of benzene rings is 1. The number of nitrogens with zero attached hydrogens (tertiary/aromatic N) is 1. The normalized spacial score (nSPS) is 23.7. The third-order valence-electron chi connectivity index (χ3n) is 4.09. The molecule has 0 unspecified atom stereocenters. The summed E-state index contributed by atoms with van der Waals surface area (Å²) in [6.45, 7) is 4.01. The maximum absolute atomic E-state index is 12.0. The number of carbonyl (C=O) groups excluding carboxylic acids is 1. The summed E-state index contributed by atoms with van der Waals surface area (Å²) in [7, 11) is 0. The van der Waals surface area contributed by atoms with Crippen LogP contribution >= 0.6 is 0 Å². The number of piperidine rings is 1. The van der Waals surface area contributed by atoms with Gasteiger partial charge in [-0.05, 0) is 24.8 Å². The summed E-state index contributed by atoms with van der Waals surface area (Å²) >= 11 is 0. The van der Waals surface area contributed by atoms with Crippen molar-refractivity contribution < 1.29 is 9.90 Å². The number of likely N-dealkylation sites (tertiary alicyclic amines) is 1. The van der Waals surface area contributed by atoms with Crippen LogP contribution in [0, 0.1) is 0 Å². The first-order chi connectivity index (χ1) is 9.15. The number of hydrogen-bond acceptors (Lipinski definition) is 2. The van der Waals surface area contributed by atoms with Gasteiger partial charge in [-0.2, -0.15) is 0 Å². The van der Waals surface area contributed by atoms with E-state index in [9.17, 15) is 4.79 Å². The molecule has 1 amide bonds. The minimum Gasteiger partial charge on any atom is -0.396 e. The fourth-order valence-electron chi connectivity index (χ4n) is 2.82. The smallest absolute Gasteiger partial charge is 0.222 e. The molecule has 1 fully saturated rings. The van der Waals surface area contributed by atoms with Crippen molar-refractivity contribution >= 4 is 5.91 Å². The van der Waals surface area contributed by atoms with E-state index in [2.05, 4.69) is 31.2 Å². The van der Waals surface area contributed by atoms with Crippen LogP contribution in [0.1, 0.15) is 38.2 Å². The third kappa shape index (κ3) is 3.35. The van der Waals surface area contributed by atoms with Crippen LogP contribution in [0.4, 0.5) is 0 Å². The Morgan fingerprint density at radius 2 is 2.00 bits per heavy atom. The molecule has 1 aliphatic rings. The van der Waals surface area contributed by atoms with Gasteiger partial charge in [0.05, 0.1) is 0 Å². The Balaban J connectivity index is 2.05. The van der Waals surface area contributed by atoms with E-state index in [4.69, 9.17) is 5.11 Å². The number of aliphatic hydroxyl groups excluding tert-OH is 1. The summed E-state index contributed by atoms with van der Waals surface area (Å²) < 4.78 is 0. The number of rotatable bonds is 5. The Bertz CT molecular complexity index is 418. The predicted molar refractivity (Wildman–Crippen MR) is 75.9 cm³/mol. The molecule has 3 nitrogen and oxygen atoms in total. The fourth-order valence-corrected chi connectivity index (χ4v) is 2.82. The van der Waals surface area contributed by atoms with Crippen molar-refractivity contribution in [2.24, 2.45) is 0 Å². The van der Waals surface area contributed by atoms with Gasteiger partial charge in [-0.15, -0.1) is 0 Å². The molecule has 1 heterocycles. The molecule has 19 heavy (non-hydrogen) atoms. The average molecular weight is 261 g/mol. The summed E-state index contributed by atoms with van der Waals surface area (Å²) in [5.74, 6) is 0.256. The molecule has 0 saturated carbocycles. The summed E-state index contributed by atoms with van der Waals surface area (Å²) in [5, 5.41) is 8.84. The van der Waals surface area contributed by atoms with Crippen LogP contribution in [0.15, 0.2) is 30.3 Å². The van der Waals surface area contributed by atoms with Gasteiger partial charge in [-0.25, -0.2) is 0 Å². The lowest BCUT2D eigenvalue weighted by atomic mass is 9.75. The molecule has 2 rings (SSSR count). The zero-order valence-corrected chi connectivity index (χ0v) is 11.6. The Morgan fingerprint density at radius 1 is 1.26 bits per heavy atom. The molecule has 1 aromatic carbocycles. The molecule has 0 aromatic heterocycles. The van der Waals surface area contributed by atoms with E-state index in [1.54, 1.807) is 0 Å². The second-order valence-corrected chi connectivity index (χ2v) is 5.67. The van der Waals surface area contributed by atoms with E-state index in [0.717, 1.165) is 32.4 Å². The SMILES string of the molecule is C[C@@]1(c2ccccc2)CCC(=O)N(CCCCO)C1. The summed E-state index contributed by atoms with van der Waals surface area (Å²) in [5.41, 5.74) is 1.38. The molecule has 0 aliphatic carbocycles. The Labute approximate surface area is 115 Å². The molecular weight excluding hydrogens is 238 g/mol. The molecule has 1 aromatic rings. The van der Waals surface area contributed by atoms with Gasteiger partial charge in [-0.1, -0.05) is 37.3 Å². The number of amides is 1. The van der Waals surface area contributed by atoms with Crippen LogP contribution in [0.3, 0.4) is 0 Å². The van der Waals surface area contributed by atoms with Gasteiger partial charge < -0.3 is 10.0 Å². The number of unbranched alkanes of at least 4 members (excludes halogenated alkanes) is 1. The minimum absolute atomic E-state index is 0.0639. The van der Waals surface area contributed by atoms with E-state index in [0.29, 0.717) is 6.42 Å². The highest BCUT2D eigenvalue weighted by molar-refractivity contribution is 5.77. The quantitative estimate of drug-likeness (QED) is 0.826. The highest BCUT2D eigenvalue weighted by Crippen LogP contribution is 2.34. The molecule has 3 heteroatoms. The molecule has 104 valence electrons. The lowest BCUT2D eigenvalue weighted by molar-refractivity contribution is -0.135. The second-order valence-electron chi connectivity index (χ2n) is 5.67. The van der Waals surface area contributed by atoms with E-state index in [-0.39, 0.29) is 17.9 Å². The highest BCUT2D eigenvalue weighted by atomic mass is 16.3. The van der Waals surface area contributed by atoms with Crippen LogP contribution in [-0.2, 0) is 10.2 Å². The average Bonchev–Trinajstić information content (AvgIpc) is 2.44. The van der Waals surface area contributed by atoms with Crippen LogP contribution in [0.25, 0.3) is 0 Å². The maximum Gasteiger partial charge on any atom is 0.222 e. The largest absolute Gasteiger partial charge is 0.396 e. The van der Waals surface area contributed by atoms with E-state index < -0.39 is 0 Å². The van der Waals surface area contributed by atoms with Gasteiger partial charge in [0, 0.05) is 31.5 Å². The van der Waals surface area contributed by atoms with Crippen LogP contribution < -0.4 is 0 Å². The molecular formula is C16H23NO2. The number of hydrogen-bond donors (Lipinski definition) is 1. The van der Waals surface area contributed by atoms with Crippen molar-refractivity contribution in [3.63, 3.8) is 0 Å². The van der Waals surface area contributed by atoms with Crippen molar-refractivity contribution in [3.8, 4) is 0 Å². The maximum atomic E-state index is 12.0. The van der Waals surface area contributed by atoms with Gasteiger partial charge in [-0.3, -0.25) is 4.79 Å². The van der Waals surface area contributed by atoms with Gasteiger partial charge >= 0.3 is 0 Å². The second kappa shape index (κ2) is 6.20. The Hall–Kier alpha value is -1.35. The van der Waals surface area contributed by atoms with E-state index in [1.165, 1.54) is 5.56 Å². The van der Waals surface area contributed by atoms with Crippen molar-refractivity contribution in [2.75, 3.05) is 19.7 Å². The summed E-state index contributed by atoms with van der Waals surface area (Å²) in [4.78, 5) is 13.9. The van der Waals surface area contributed by atoms with Gasteiger partial charge in [0.2, 0.25) is 5.91 Å². The van der Waals surface area contributed by atoms with Crippen LogP contribution in [0.2, 0.25) is 0 Å². The number of aliphatic hydroxyl groups is 1. The molecule has 1 saturated heterocycles. The highest BCUT2D eigenvalue weighted by Gasteiger charge is 2.35. The van der Waals surface area contributed by atoms with Crippen molar-refractivity contribution in [2.45, 2.75) is 38.0 Å². The van der Waals surface area contributed by atoms with E-state index >= 15 is 0 Å². The first kappa shape index (κ1) is 14.1. The van der Waals surface area contributed by atoms with Crippen LogP contribution in [-0.4, -0.2) is 35.6 Å². The lowest BCUT2D eigenvalue weighted by Gasteiger charge is -2.40. The molecule has 0 bridgehead atoms. The zero-order valence-electron chi connectivity index (χ0n) is 11.6. The molecule has 1 aliphatic heterocycles. The van der Waals surface area contributed by atoms with E-state index in [1.807, 2.05) is 11.0 Å². The third-order valence-corrected chi connectivity index (χ3v) is 4.09. The summed E-state index contributed by atoms with van der Waals surface area (Å²) in [6.07, 6.45) is 3.20. The topological polar surface area (TPSA) is 40.5 Å². The fraction of sp³-hybridized carbons (Fsp3) is 0.562. The predicted octanol–water partition coefficient (Wildman–Crippen LogP) is 2.34. The van der Waals surface area contributed by atoms with Gasteiger partial charge in [0.15, 0.2) is 0 Å². The van der Waals surface area contributed by atoms with Crippen molar-refractivity contribution in [3.05, 3.63) is 35.9 Å². The van der Waals surface area contributed by atoms with Crippen molar-refractivity contribution in [1.82, 2.24) is 4.90 Å². The summed E-state index contributed by atoms with van der Waals surface area (Å²) in [6, 6.07) is 10.5. The minimum atomic E-state index is 0.0639. The molecule has 1 atom stereocenters. The zero-order chi connectivity index (χ0) is 13.7. The molecule has 0 radical (unpaired) electrons. The monoisotopic (exact) mass is 261 g/mol. The Morgan fingerprint density at radius 3 is 2.68 bits per heavy atom. The lowest BCUT2D eigenvalue weighted by Crippen LogP contribution is -2.47.